The maximum Gasteiger partial charge on any atom is 0.152 e. The fourth-order valence-corrected chi connectivity index (χ4v) is 2.21. The van der Waals surface area contributed by atoms with Crippen LogP contribution in [0.1, 0.15) is 24.1 Å². The van der Waals surface area contributed by atoms with Crippen LogP contribution in [0.4, 0.5) is 5.69 Å². The summed E-state index contributed by atoms with van der Waals surface area (Å²) < 4.78 is 3.11. The van der Waals surface area contributed by atoms with Crippen molar-refractivity contribution >= 4 is 21.6 Å². The minimum atomic E-state index is 0.686. The highest BCUT2D eigenvalue weighted by molar-refractivity contribution is 9.10. The maximum absolute atomic E-state index is 4.14. The third-order valence-electron chi connectivity index (χ3n) is 3.07. The van der Waals surface area contributed by atoms with E-state index in [2.05, 4.69) is 50.5 Å². The van der Waals surface area contributed by atoms with Gasteiger partial charge in [0.15, 0.2) is 5.82 Å². The van der Waals surface area contributed by atoms with E-state index in [0.29, 0.717) is 6.54 Å². The Balaban J connectivity index is 2.13. The molecule has 1 N–H and O–H groups in total. The quantitative estimate of drug-likeness (QED) is 0.944. The van der Waals surface area contributed by atoms with E-state index in [1.807, 2.05) is 24.6 Å². The number of hydrogen-bond acceptors (Lipinski definition) is 3. The summed E-state index contributed by atoms with van der Waals surface area (Å²) >= 11 is 3.49. The minimum Gasteiger partial charge on any atom is -0.378 e. The molecule has 2 aromatic rings. The van der Waals surface area contributed by atoms with Crippen LogP contribution in [0.3, 0.4) is 0 Å². The fourth-order valence-electron chi connectivity index (χ4n) is 1.81. The van der Waals surface area contributed by atoms with Gasteiger partial charge in [-0.1, -0.05) is 22.9 Å². The molecule has 0 spiro atoms. The van der Waals surface area contributed by atoms with Gasteiger partial charge in [0.25, 0.3) is 0 Å². The molecular weight excluding hydrogens is 292 g/mol. The molecule has 0 aliphatic rings. The van der Waals surface area contributed by atoms with Crippen molar-refractivity contribution in [2.45, 2.75) is 26.8 Å². The highest BCUT2D eigenvalue weighted by atomic mass is 79.9. The molecule has 0 aliphatic heterocycles. The summed E-state index contributed by atoms with van der Waals surface area (Å²) in [4.78, 5) is 0. The Bertz CT molecular complexity index is 548. The number of aromatic nitrogens is 3. The van der Waals surface area contributed by atoms with Crippen molar-refractivity contribution in [3.8, 4) is 0 Å². The number of anilines is 1. The van der Waals surface area contributed by atoms with E-state index in [0.717, 1.165) is 28.2 Å². The van der Waals surface area contributed by atoms with Crippen LogP contribution >= 0.6 is 15.9 Å². The lowest BCUT2D eigenvalue weighted by Crippen LogP contribution is -2.08. The number of halogens is 1. The van der Waals surface area contributed by atoms with Gasteiger partial charge < -0.3 is 9.88 Å². The normalized spacial score (nSPS) is 10.7. The second-order valence-electron chi connectivity index (χ2n) is 4.23. The van der Waals surface area contributed by atoms with Crippen molar-refractivity contribution in [3.05, 3.63) is 39.9 Å². The Kier molecular flexibility index (Phi) is 4.01. The van der Waals surface area contributed by atoms with Crippen molar-refractivity contribution in [3.63, 3.8) is 0 Å². The van der Waals surface area contributed by atoms with E-state index >= 15 is 0 Å². The van der Waals surface area contributed by atoms with Crippen LogP contribution in [0.15, 0.2) is 22.7 Å². The number of nitrogens with zero attached hydrogens (tertiary/aromatic N) is 3. The summed E-state index contributed by atoms with van der Waals surface area (Å²) in [6.45, 7) is 4.79. The summed E-state index contributed by atoms with van der Waals surface area (Å²) in [6.07, 6.45) is 1.000. The first-order valence-electron chi connectivity index (χ1n) is 5.99. The fraction of sp³-hybridized carbons (Fsp3) is 0.385. The predicted octanol–water partition coefficient (Wildman–Crippen LogP) is 3.06. The lowest BCUT2D eigenvalue weighted by molar-refractivity contribution is 0.788. The monoisotopic (exact) mass is 308 g/mol. The standard InChI is InChI=1S/C13H17BrN4/c1-4-10-7-11(14)5-6-12(10)15-8-13-17-16-9(2)18(13)3/h5-7,15H,4,8H2,1-3H3. The molecular formula is C13H17BrN4. The van der Waals surface area contributed by atoms with Crippen molar-refractivity contribution in [1.29, 1.82) is 0 Å². The van der Waals surface area contributed by atoms with Crippen LogP contribution in [-0.2, 0) is 20.0 Å². The van der Waals surface area contributed by atoms with Crippen LogP contribution < -0.4 is 5.32 Å². The van der Waals surface area contributed by atoms with Gasteiger partial charge in [-0.2, -0.15) is 0 Å². The summed E-state index contributed by atoms with van der Waals surface area (Å²) in [6, 6.07) is 6.28. The van der Waals surface area contributed by atoms with E-state index in [1.54, 1.807) is 0 Å². The van der Waals surface area contributed by atoms with E-state index in [4.69, 9.17) is 0 Å². The molecule has 0 bridgehead atoms. The zero-order valence-electron chi connectivity index (χ0n) is 10.9. The molecule has 0 saturated carbocycles. The van der Waals surface area contributed by atoms with Crippen molar-refractivity contribution in [1.82, 2.24) is 14.8 Å². The van der Waals surface area contributed by atoms with Crippen LogP contribution in [0.25, 0.3) is 0 Å². The van der Waals surface area contributed by atoms with Gasteiger partial charge >= 0.3 is 0 Å². The third kappa shape index (κ3) is 2.72. The van der Waals surface area contributed by atoms with E-state index in [9.17, 15) is 0 Å². The number of aryl methyl sites for hydroxylation is 2. The first-order valence-corrected chi connectivity index (χ1v) is 6.78. The second kappa shape index (κ2) is 5.52. The largest absolute Gasteiger partial charge is 0.378 e. The van der Waals surface area contributed by atoms with Gasteiger partial charge in [0.1, 0.15) is 5.82 Å². The first kappa shape index (κ1) is 13.1. The highest BCUT2D eigenvalue weighted by Gasteiger charge is 2.06. The summed E-state index contributed by atoms with van der Waals surface area (Å²) in [5.41, 5.74) is 2.45. The molecule has 0 aliphatic carbocycles. The van der Waals surface area contributed by atoms with Gasteiger partial charge in [-0.15, -0.1) is 10.2 Å². The van der Waals surface area contributed by atoms with Crippen molar-refractivity contribution in [2.75, 3.05) is 5.32 Å². The Morgan fingerprint density at radius 3 is 2.72 bits per heavy atom. The van der Waals surface area contributed by atoms with Crippen LogP contribution in [-0.4, -0.2) is 14.8 Å². The molecule has 5 heteroatoms. The van der Waals surface area contributed by atoms with Crippen molar-refractivity contribution < 1.29 is 0 Å². The van der Waals surface area contributed by atoms with Gasteiger partial charge in [0.2, 0.25) is 0 Å². The molecule has 1 aromatic carbocycles. The zero-order valence-corrected chi connectivity index (χ0v) is 12.5. The molecule has 1 heterocycles. The molecule has 0 saturated heterocycles. The number of rotatable bonds is 4. The molecule has 2 rings (SSSR count). The minimum absolute atomic E-state index is 0.686. The van der Waals surface area contributed by atoms with E-state index in [-0.39, 0.29) is 0 Å². The molecule has 18 heavy (non-hydrogen) atoms. The Labute approximate surface area is 116 Å². The SMILES string of the molecule is CCc1cc(Br)ccc1NCc1nnc(C)n1C. The first-order chi connectivity index (χ1) is 8.61. The summed E-state index contributed by atoms with van der Waals surface area (Å²) in [5.74, 6) is 1.87. The Morgan fingerprint density at radius 2 is 2.11 bits per heavy atom. The molecule has 4 nitrogen and oxygen atoms in total. The number of nitrogens with one attached hydrogen (secondary N) is 1. The lowest BCUT2D eigenvalue weighted by Gasteiger charge is -2.11. The maximum atomic E-state index is 4.14. The molecule has 0 fully saturated rings. The number of benzene rings is 1. The van der Waals surface area contributed by atoms with Gasteiger partial charge in [-0.25, -0.2) is 0 Å². The molecule has 0 amide bonds. The van der Waals surface area contributed by atoms with E-state index in [1.165, 1.54) is 5.56 Å². The lowest BCUT2D eigenvalue weighted by atomic mass is 10.1. The molecule has 96 valence electrons. The zero-order chi connectivity index (χ0) is 13.1. The average molecular weight is 309 g/mol. The van der Waals surface area contributed by atoms with Gasteiger partial charge in [0.05, 0.1) is 6.54 Å². The Hall–Kier alpha value is -1.36. The van der Waals surface area contributed by atoms with E-state index < -0.39 is 0 Å². The predicted molar refractivity (Wildman–Crippen MR) is 76.6 cm³/mol. The summed E-state index contributed by atoms with van der Waals surface area (Å²) in [7, 11) is 1.98. The topological polar surface area (TPSA) is 42.7 Å². The second-order valence-corrected chi connectivity index (χ2v) is 5.15. The van der Waals surface area contributed by atoms with Gasteiger partial charge in [-0.3, -0.25) is 0 Å². The molecule has 0 unspecified atom stereocenters. The summed E-state index contributed by atoms with van der Waals surface area (Å²) in [5, 5.41) is 11.6. The van der Waals surface area contributed by atoms with Crippen LogP contribution in [0, 0.1) is 6.92 Å². The van der Waals surface area contributed by atoms with Crippen LogP contribution in [0.2, 0.25) is 0 Å². The van der Waals surface area contributed by atoms with Gasteiger partial charge in [-0.05, 0) is 37.1 Å². The average Bonchev–Trinajstić information content (AvgIpc) is 2.68. The van der Waals surface area contributed by atoms with Gasteiger partial charge in [0, 0.05) is 17.2 Å². The smallest absolute Gasteiger partial charge is 0.152 e. The highest BCUT2D eigenvalue weighted by Crippen LogP contribution is 2.22. The Morgan fingerprint density at radius 1 is 1.33 bits per heavy atom. The molecule has 0 radical (unpaired) electrons. The number of hydrogen-bond donors (Lipinski definition) is 1. The molecule has 0 atom stereocenters. The molecule has 1 aromatic heterocycles. The third-order valence-corrected chi connectivity index (χ3v) is 3.56. The van der Waals surface area contributed by atoms with Crippen LogP contribution in [0.5, 0.6) is 0 Å². The van der Waals surface area contributed by atoms with Crippen molar-refractivity contribution in [2.24, 2.45) is 7.05 Å².